The second-order valence-electron chi connectivity index (χ2n) is 4.23. The Balaban J connectivity index is 2.21. The highest BCUT2D eigenvalue weighted by molar-refractivity contribution is 9.10. The Morgan fingerprint density at radius 2 is 2.17 bits per heavy atom. The standard InChI is InChI=1S/C13H14BrFN2S/c1-7-13(18-8(2)17-7)12(16)5-9-3-4-10(15)6-11(9)14/h3-4,6,12H,5,16H2,1-2H3. The van der Waals surface area contributed by atoms with E-state index < -0.39 is 0 Å². The van der Waals surface area contributed by atoms with E-state index in [1.54, 1.807) is 17.4 Å². The molecule has 18 heavy (non-hydrogen) atoms. The molecule has 0 aliphatic carbocycles. The lowest BCUT2D eigenvalue weighted by Crippen LogP contribution is -2.13. The number of benzene rings is 1. The van der Waals surface area contributed by atoms with Crippen molar-refractivity contribution in [3.8, 4) is 0 Å². The highest BCUT2D eigenvalue weighted by Crippen LogP contribution is 2.28. The smallest absolute Gasteiger partial charge is 0.124 e. The topological polar surface area (TPSA) is 38.9 Å². The molecule has 0 saturated carbocycles. The lowest BCUT2D eigenvalue weighted by Gasteiger charge is -2.12. The Morgan fingerprint density at radius 1 is 1.44 bits per heavy atom. The van der Waals surface area contributed by atoms with E-state index in [1.165, 1.54) is 12.1 Å². The van der Waals surface area contributed by atoms with E-state index in [2.05, 4.69) is 20.9 Å². The number of nitrogens with two attached hydrogens (primary N) is 1. The first-order chi connectivity index (χ1) is 8.47. The van der Waals surface area contributed by atoms with E-state index in [9.17, 15) is 4.39 Å². The summed E-state index contributed by atoms with van der Waals surface area (Å²) in [6.07, 6.45) is 0.670. The van der Waals surface area contributed by atoms with E-state index in [0.717, 1.165) is 25.6 Å². The van der Waals surface area contributed by atoms with Crippen molar-refractivity contribution in [3.05, 3.63) is 49.6 Å². The quantitative estimate of drug-likeness (QED) is 0.927. The summed E-state index contributed by atoms with van der Waals surface area (Å²) in [6.45, 7) is 3.94. The molecule has 0 aliphatic heterocycles. The summed E-state index contributed by atoms with van der Waals surface area (Å²) in [6, 6.07) is 4.59. The largest absolute Gasteiger partial charge is 0.323 e. The first kappa shape index (κ1) is 13.6. The molecule has 1 unspecified atom stereocenters. The third kappa shape index (κ3) is 2.96. The van der Waals surface area contributed by atoms with Crippen molar-refractivity contribution in [1.29, 1.82) is 0 Å². The predicted molar refractivity (Wildman–Crippen MR) is 76.3 cm³/mol. The minimum absolute atomic E-state index is 0.0991. The zero-order chi connectivity index (χ0) is 13.3. The summed E-state index contributed by atoms with van der Waals surface area (Å²) in [5, 5.41) is 1.02. The number of hydrogen-bond donors (Lipinski definition) is 1. The summed E-state index contributed by atoms with van der Waals surface area (Å²) in [5.41, 5.74) is 8.20. The Hall–Kier alpha value is -0.780. The predicted octanol–water partition coefficient (Wildman–Crippen LogP) is 3.90. The van der Waals surface area contributed by atoms with Crippen LogP contribution in [0, 0.1) is 19.7 Å². The molecule has 0 amide bonds. The zero-order valence-electron chi connectivity index (χ0n) is 10.2. The number of aryl methyl sites for hydroxylation is 2. The van der Waals surface area contributed by atoms with Gasteiger partial charge in [0, 0.05) is 15.4 Å². The minimum Gasteiger partial charge on any atom is -0.323 e. The van der Waals surface area contributed by atoms with Crippen LogP contribution in [0.3, 0.4) is 0 Å². The van der Waals surface area contributed by atoms with Crippen LogP contribution < -0.4 is 5.73 Å². The van der Waals surface area contributed by atoms with Crippen LogP contribution in [0.2, 0.25) is 0 Å². The van der Waals surface area contributed by atoms with Gasteiger partial charge < -0.3 is 5.73 Å². The van der Waals surface area contributed by atoms with Crippen LogP contribution in [0.4, 0.5) is 4.39 Å². The van der Waals surface area contributed by atoms with Crippen LogP contribution in [0.1, 0.15) is 27.2 Å². The van der Waals surface area contributed by atoms with E-state index in [1.807, 2.05) is 13.8 Å². The molecule has 0 spiro atoms. The second kappa shape index (κ2) is 5.47. The number of halogens is 2. The molecule has 0 bridgehead atoms. The molecular weight excluding hydrogens is 315 g/mol. The van der Waals surface area contributed by atoms with Gasteiger partial charge in [-0.3, -0.25) is 0 Å². The number of nitrogens with zero attached hydrogens (tertiary/aromatic N) is 1. The number of rotatable bonds is 3. The highest BCUT2D eigenvalue weighted by atomic mass is 79.9. The van der Waals surface area contributed by atoms with Crippen molar-refractivity contribution in [2.45, 2.75) is 26.3 Å². The third-order valence-corrected chi connectivity index (χ3v) is 4.67. The fourth-order valence-corrected chi connectivity index (χ4v) is 3.35. The Bertz CT molecular complexity index is 568. The van der Waals surface area contributed by atoms with Crippen LogP contribution in [0.5, 0.6) is 0 Å². The van der Waals surface area contributed by atoms with Gasteiger partial charge in [-0.15, -0.1) is 11.3 Å². The maximum atomic E-state index is 13.0. The monoisotopic (exact) mass is 328 g/mol. The van der Waals surface area contributed by atoms with Gasteiger partial charge in [0.25, 0.3) is 0 Å². The van der Waals surface area contributed by atoms with Crippen molar-refractivity contribution in [2.75, 3.05) is 0 Å². The molecule has 2 nitrogen and oxygen atoms in total. The van der Waals surface area contributed by atoms with Crippen LogP contribution in [0.15, 0.2) is 22.7 Å². The van der Waals surface area contributed by atoms with Crippen molar-refractivity contribution >= 4 is 27.3 Å². The molecule has 2 N–H and O–H groups in total. The Labute approximate surface area is 118 Å². The van der Waals surface area contributed by atoms with Crippen LogP contribution >= 0.6 is 27.3 Å². The molecule has 2 aromatic rings. The van der Waals surface area contributed by atoms with Gasteiger partial charge >= 0.3 is 0 Å². The molecule has 1 atom stereocenters. The van der Waals surface area contributed by atoms with Crippen molar-refractivity contribution in [2.24, 2.45) is 5.73 Å². The summed E-state index contributed by atoms with van der Waals surface area (Å²) in [5.74, 6) is -0.246. The Morgan fingerprint density at radius 3 is 2.72 bits per heavy atom. The maximum Gasteiger partial charge on any atom is 0.124 e. The van der Waals surface area contributed by atoms with Crippen LogP contribution in [-0.4, -0.2) is 4.98 Å². The van der Waals surface area contributed by atoms with Gasteiger partial charge in [0.15, 0.2) is 0 Å². The molecule has 0 radical (unpaired) electrons. The zero-order valence-corrected chi connectivity index (χ0v) is 12.6. The molecule has 2 rings (SSSR count). The molecular formula is C13H14BrFN2S. The normalized spacial score (nSPS) is 12.7. The van der Waals surface area contributed by atoms with Gasteiger partial charge in [-0.05, 0) is 38.0 Å². The number of thiazole rings is 1. The SMILES string of the molecule is Cc1nc(C)c(C(N)Cc2ccc(F)cc2Br)s1. The van der Waals surface area contributed by atoms with Crippen LogP contribution in [0.25, 0.3) is 0 Å². The third-order valence-electron chi connectivity index (χ3n) is 2.73. The van der Waals surface area contributed by atoms with E-state index in [0.29, 0.717) is 6.42 Å². The number of hydrogen-bond acceptors (Lipinski definition) is 3. The molecule has 5 heteroatoms. The van der Waals surface area contributed by atoms with Gasteiger partial charge in [-0.2, -0.15) is 0 Å². The van der Waals surface area contributed by atoms with E-state index >= 15 is 0 Å². The Kier molecular flexibility index (Phi) is 4.14. The van der Waals surface area contributed by atoms with Gasteiger partial charge in [0.05, 0.1) is 10.7 Å². The van der Waals surface area contributed by atoms with Gasteiger partial charge in [0.2, 0.25) is 0 Å². The maximum absolute atomic E-state index is 13.0. The number of aromatic nitrogens is 1. The van der Waals surface area contributed by atoms with Gasteiger partial charge in [-0.25, -0.2) is 9.37 Å². The van der Waals surface area contributed by atoms with Crippen molar-refractivity contribution in [1.82, 2.24) is 4.98 Å². The molecule has 1 heterocycles. The first-order valence-electron chi connectivity index (χ1n) is 5.61. The highest BCUT2D eigenvalue weighted by Gasteiger charge is 2.15. The summed E-state index contributed by atoms with van der Waals surface area (Å²) in [7, 11) is 0. The van der Waals surface area contributed by atoms with Gasteiger partial charge in [0.1, 0.15) is 5.82 Å². The summed E-state index contributed by atoms with van der Waals surface area (Å²) in [4.78, 5) is 5.48. The lowest BCUT2D eigenvalue weighted by atomic mass is 10.0. The molecule has 0 fully saturated rings. The van der Waals surface area contributed by atoms with E-state index in [4.69, 9.17) is 5.73 Å². The molecule has 1 aromatic heterocycles. The lowest BCUT2D eigenvalue weighted by molar-refractivity contribution is 0.624. The van der Waals surface area contributed by atoms with Gasteiger partial charge in [-0.1, -0.05) is 22.0 Å². The fraction of sp³-hybridized carbons (Fsp3) is 0.308. The average Bonchev–Trinajstić information content (AvgIpc) is 2.62. The fourth-order valence-electron chi connectivity index (χ4n) is 1.91. The molecule has 1 aromatic carbocycles. The van der Waals surface area contributed by atoms with Crippen LogP contribution in [-0.2, 0) is 6.42 Å². The minimum atomic E-state index is -0.246. The average molecular weight is 329 g/mol. The summed E-state index contributed by atoms with van der Waals surface area (Å²) >= 11 is 4.99. The van der Waals surface area contributed by atoms with E-state index in [-0.39, 0.29) is 11.9 Å². The molecule has 0 saturated heterocycles. The molecule has 96 valence electrons. The molecule has 0 aliphatic rings. The first-order valence-corrected chi connectivity index (χ1v) is 7.21. The summed E-state index contributed by atoms with van der Waals surface area (Å²) < 4.78 is 13.8. The van der Waals surface area contributed by atoms with Crippen molar-refractivity contribution < 1.29 is 4.39 Å². The van der Waals surface area contributed by atoms with Crippen molar-refractivity contribution in [3.63, 3.8) is 0 Å². The second-order valence-corrected chi connectivity index (χ2v) is 6.32.